The van der Waals surface area contributed by atoms with Crippen molar-refractivity contribution < 1.29 is 17.7 Å². The van der Waals surface area contributed by atoms with E-state index >= 15 is 0 Å². The van der Waals surface area contributed by atoms with E-state index < -0.39 is 22.9 Å². The molecule has 190 valence electrons. The minimum absolute atomic E-state index is 0.102. The normalized spacial score (nSPS) is 14.0. The summed E-state index contributed by atoms with van der Waals surface area (Å²) >= 11 is 11.3. The van der Waals surface area contributed by atoms with Crippen LogP contribution in [0.2, 0.25) is 10.0 Å². The molecule has 0 saturated heterocycles. The highest BCUT2D eigenvalue weighted by atomic mass is 35.5. The molecule has 0 saturated carbocycles. The van der Waals surface area contributed by atoms with Gasteiger partial charge in [-0.15, -0.1) is 0 Å². The van der Waals surface area contributed by atoms with Crippen molar-refractivity contribution in [2.24, 2.45) is 5.92 Å². The predicted octanol–water partition coefficient (Wildman–Crippen LogP) is 8.38. The van der Waals surface area contributed by atoms with E-state index in [2.05, 4.69) is 13.8 Å². The van der Waals surface area contributed by atoms with Gasteiger partial charge in [-0.05, 0) is 91.4 Å². The van der Waals surface area contributed by atoms with Crippen molar-refractivity contribution in [1.82, 2.24) is 4.90 Å². The van der Waals surface area contributed by atoms with E-state index in [0.29, 0.717) is 39.3 Å². The van der Waals surface area contributed by atoms with E-state index in [1.54, 1.807) is 31.2 Å². The maximum absolute atomic E-state index is 14.1. The first-order valence-electron chi connectivity index (χ1n) is 11.8. The summed E-state index contributed by atoms with van der Waals surface area (Å²) in [6.45, 7) is 9.60. The van der Waals surface area contributed by atoms with Gasteiger partial charge in [0.05, 0.1) is 5.56 Å². The molecule has 2 nitrogen and oxygen atoms in total. The van der Waals surface area contributed by atoms with Gasteiger partial charge < -0.3 is 4.55 Å². The summed E-state index contributed by atoms with van der Waals surface area (Å²) in [6.07, 6.45) is -1.29. The number of hydrogen-bond donors (Lipinski definition) is 0. The zero-order valence-corrected chi connectivity index (χ0v) is 22.6. The number of benzene rings is 2. The van der Waals surface area contributed by atoms with Crippen LogP contribution in [0.15, 0.2) is 35.2 Å². The largest absolute Gasteiger partial charge is 0.611 e. The monoisotopic (exact) mass is 535 g/mol. The van der Waals surface area contributed by atoms with Gasteiger partial charge in [-0.3, -0.25) is 4.90 Å². The first-order chi connectivity index (χ1) is 16.0. The quantitative estimate of drug-likeness (QED) is 0.255. The molecule has 0 spiro atoms. The Bertz CT molecular complexity index is 939. The first-order valence-corrected chi connectivity index (χ1v) is 13.8. The lowest BCUT2D eigenvalue weighted by Crippen LogP contribution is -2.26. The van der Waals surface area contributed by atoms with Crippen molar-refractivity contribution in [1.29, 1.82) is 0 Å². The predicted molar refractivity (Wildman–Crippen MR) is 137 cm³/mol. The van der Waals surface area contributed by atoms with Gasteiger partial charge >= 0.3 is 6.18 Å². The standard InChI is InChI=1S/C26H34Cl2F3NOS/c1-5-18(4)9-8-12-32(6-2)17-22-23(26(29,30)31)14-19(15-24(22)28)13-20-16-21(27)10-11-25(20)34(33)7-3/h10-11,14-16,18H,5-9,12-13,17H2,1-4H3. The van der Waals surface area contributed by atoms with Gasteiger partial charge in [-0.2, -0.15) is 13.2 Å². The van der Waals surface area contributed by atoms with Crippen molar-refractivity contribution in [3.05, 3.63) is 62.6 Å². The Morgan fingerprint density at radius 2 is 1.79 bits per heavy atom. The second-order valence-electron chi connectivity index (χ2n) is 8.69. The van der Waals surface area contributed by atoms with E-state index in [-0.39, 0.29) is 23.6 Å². The van der Waals surface area contributed by atoms with Gasteiger partial charge in [0.1, 0.15) is 5.75 Å². The maximum atomic E-state index is 14.1. The van der Waals surface area contributed by atoms with E-state index in [1.165, 1.54) is 6.07 Å². The van der Waals surface area contributed by atoms with Crippen LogP contribution in [-0.4, -0.2) is 28.3 Å². The van der Waals surface area contributed by atoms with E-state index in [1.807, 2.05) is 11.8 Å². The zero-order valence-electron chi connectivity index (χ0n) is 20.3. The summed E-state index contributed by atoms with van der Waals surface area (Å²) in [4.78, 5) is 2.59. The van der Waals surface area contributed by atoms with Crippen molar-refractivity contribution >= 4 is 34.4 Å². The summed E-state index contributed by atoms with van der Waals surface area (Å²) in [7, 11) is 0. The number of alkyl halides is 3. The second-order valence-corrected chi connectivity index (χ2v) is 11.2. The highest BCUT2D eigenvalue weighted by Crippen LogP contribution is 2.38. The number of nitrogens with zero attached hydrogens (tertiary/aromatic N) is 1. The maximum Gasteiger partial charge on any atom is 0.416 e. The Labute approximate surface area is 215 Å². The van der Waals surface area contributed by atoms with Crippen LogP contribution in [0.25, 0.3) is 0 Å². The lowest BCUT2D eigenvalue weighted by Gasteiger charge is -2.25. The van der Waals surface area contributed by atoms with Crippen LogP contribution >= 0.6 is 23.2 Å². The van der Waals surface area contributed by atoms with Crippen LogP contribution in [0.4, 0.5) is 13.2 Å². The molecule has 8 heteroatoms. The average Bonchev–Trinajstić information content (AvgIpc) is 2.78. The third-order valence-electron chi connectivity index (χ3n) is 6.18. The molecule has 2 unspecified atom stereocenters. The molecule has 0 heterocycles. The van der Waals surface area contributed by atoms with E-state index in [0.717, 1.165) is 25.8 Å². The lowest BCUT2D eigenvalue weighted by molar-refractivity contribution is -0.138. The highest BCUT2D eigenvalue weighted by molar-refractivity contribution is 7.91. The number of halogens is 5. The summed E-state index contributed by atoms with van der Waals surface area (Å²) in [5.74, 6) is 1.01. The first kappa shape index (κ1) is 29.3. The molecule has 0 aliphatic carbocycles. The minimum Gasteiger partial charge on any atom is -0.611 e. The van der Waals surface area contributed by atoms with Gasteiger partial charge in [0, 0.05) is 28.6 Å². The molecular formula is C26H34Cl2F3NOS. The molecule has 2 aromatic rings. The van der Waals surface area contributed by atoms with Crippen LogP contribution in [0, 0.1) is 5.92 Å². The van der Waals surface area contributed by atoms with Crippen LogP contribution in [0.5, 0.6) is 0 Å². The fraction of sp³-hybridized carbons (Fsp3) is 0.538. The van der Waals surface area contributed by atoms with Crippen LogP contribution in [-0.2, 0) is 30.3 Å². The SMILES string of the molecule is CCC(C)CCCN(CC)Cc1c(Cl)cc(Cc2cc(Cl)ccc2[S+]([O-])CC)cc1C(F)(F)F. The Balaban J connectivity index is 2.36. The van der Waals surface area contributed by atoms with Crippen molar-refractivity contribution in [2.75, 3.05) is 18.8 Å². The van der Waals surface area contributed by atoms with Gasteiger partial charge in [0.15, 0.2) is 4.90 Å². The number of hydrogen-bond acceptors (Lipinski definition) is 2. The zero-order chi connectivity index (χ0) is 25.5. The highest BCUT2D eigenvalue weighted by Gasteiger charge is 2.35. The van der Waals surface area contributed by atoms with E-state index in [9.17, 15) is 17.7 Å². The Kier molecular flexibility index (Phi) is 11.6. The molecule has 0 N–H and O–H groups in total. The molecule has 2 atom stereocenters. The molecular weight excluding hydrogens is 502 g/mol. The van der Waals surface area contributed by atoms with Gasteiger partial charge in [0.25, 0.3) is 0 Å². The van der Waals surface area contributed by atoms with Gasteiger partial charge in [-0.25, -0.2) is 0 Å². The van der Waals surface area contributed by atoms with Crippen molar-refractivity contribution in [3.8, 4) is 0 Å². The molecule has 2 aromatic carbocycles. The lowest BCUT2D eigenvalue weighted by atomic mass is 9.98. The summed E-state index contributed by atoms with van der Waals surface area (Å²) in [6, 6.07) is 7.75. The summed E-state index contributed by atoms with van der Waals surface area (Å²) in [5, 5.41) is 0.548. The third-order valence-corrected chi connectivity index (χ3v) is 8.17. The van der Waals surface area contributed by atoms with Crippen LogP contribution < -0.4 is 0 Å². The Morgan fingerprint density at radius 3 is 2.38 bits per heavy atom. The average molecular weight is 537 g/mol. The Hall–Kier alpha value is -0.920. The molecule has 0 aromatic heterocycles. The molecule has 0 radical (unpaired) electrons. The summed E-state index contributed by atoms with van der Waals surface area (Å²) in [5.41, 5.74) is 0.449. The number of rotatable bonds is 12. The molecule has 0 amide bonds. The summed E-state index contributed by atoms with van der Waals surface area (Å²) < 4.78 is 54.7. The molecule has 34 heavy (non-hydrogen) atoms. The van der Waals surface area contributed by atoms with Gasteiger partial charge in [0.2, 0.25) is 0 Å². The molecule has 0 bridgehead atoms. The fourth-order valence-corrected chi connectivity index (χ4v) is 5.38. The third kappa shape index (κ3) is 8.34. The van der Waals surface area contributed by atoms with Crippen molar-refractivity contribution in [3.63, 3.8) is 0 Å². The topological polar surface area (TPSA) is 26.3 Å². The van der Waals surface area contributed by atoms with Gasteiger partial charge in [-0.1, -0.05) is 50.4 Å². The van der Waals surface area contributed by atoms with Crippen LogP contribution in [0.3, 0.4) is 0 Å². The van der Waals surface area contributed by atoms with E-state index in [4.69, 9.17) is 23.2 Å². The Morgan fingerprint density at radius 1 is 1.09 bits per heavy atom. The molecule has 0 aliphatic rings. The second kappa shape index (κ2) is 13.4. The molecule has 0 fully saturated rings. The molecule has 0 aliphatic heterocycles. The molecule has 2 rings (SSSR count). The van der Waals surface area contributed by atoms with Crippen LogP contribution in [0.1, 0.15) is 69.2 Å². The van der Waals surface area contributed by atoms with Crippen molar-refractivity contribution in [2.45, 2.75) is 71.0 Å². The fourth-order valence-electron chi connectivity index (χ4n) is 3.93. The minimum atomic E-state index is -4.53. The smallest absolute Gasteiger partial charge is 0.416 e.